The lowest BCUT2D eigenvalue weighted by Gasteiger charge is -2.26. The van der Waals surface area contributed by atoms with Crippen LogP contribution in [-0.2, 0) is 6.42 Å². The Morgan fingerprint density at radius 2 is 1.83 bits per heavy atom. The van der Waals surface area contributed by atoms with Gasteiger partial charge in [0, 0.05) is 5.56 Å². The minimum atomic E-state index is 0.362. The molecule has 2 aromatic carbocycles. The van der Waals surface area contributed by atoms with E-state index < -0.39 is 0 Å². The Morgan fingerprint density at radius 3 is 2.65 bits per heavy atom. The Kier molecular flexibility index (Phi) is 5.35. The summed E-state index contributed by atoms with van der Waals surface area (Å²) in [5.41, 5.74) is 4.58. The Bertz CT molecular complexity index is 644. The zero-order chi connectivity index (χ0) is 16.1. The molecule has 2 heteroatoms. The second-order valence-corrected chi connectivity index (χ2v) is 6.73. The first-order chi connectivity index (χ1) is 11.2. The molecule has 1 aliphatic heterocycles. The fraction of sp³-hybridized carbons (Fsp3) is 0.429. The van der Waals surface area contributed by atoms with Gasteiger partial charge in [0.15, 0.2) is 0 Å². The molecule has 2 aromatic rings. The summed E-state index contributed by atoms with van der Waals surface area (Å²) in [5.74, 6) is 0.362. The van der Waals surface area contributed by atoms with Gasteiger partial charge in [-0.15, -0.1) is 0 Å². The van der Waals surface area contributed by atoms with Crippen LogP contribution in [0.5, 0.6) is 5.75 Å². The van der Waals surface area contributed by atoms with E-state index in [-0.39, 0.29) is 0 Å². The fourth-order valence-electron chi connectivity index (χ4n) is 3.47. The van der Waals surface area contributed by atoms with Crippen LogP contribution in [0.3, 0.4) is 0 Å². The van der Waals surface area contributed by atoms with Crippen LogP contribution in [0.1, 0.15) is 36.8 Å². The van der Waals surface area contributed by atoms with Crippen LogP contribution < -0.4 is 0 Å². The third-order valence-corrected chi connectivity index (χ3v) is 4.78. The summed E-state index contributed by atoms with van der Waals surface area (Å²) in [7, 11) is 0. The van der Waals surface area contributed by atoms with Gasteiger partial charge in [0.1, 0.15) is 5.75 Å². The molecule has 1 N–H and O–H groups in total. The van der Waals surface area contributed by atoms with Crippen molar-refractivity contribution in [3.63, 3.8) is 0 Å². The molecule has 0 saturated carbocycles. The number of nitrogens with zero attached hydrogens (tertiary/aromatic N) is 1. The third-order valence-electron chi connectivity index (χ3n) is 4.78. The molecule has 0 amide bonds. The largest absolute Gasteiger partial charge is 0.507 e. The second-order valence-electron chi connectivity index (χ2n) is 6.73. The van der Waals surface area contributed by atoms with Crippen molar-refractivity contribution >= 4 is 0 Å². The lowest BCUT2D eigenvalue weighted by molar-refractivity contribution is 0.226. The van der Waals surface area contributed by atoms with Gasteiger partial charge in [-0.25, -0.2) is 0 Å². The molecule has 1 aliphatic rings. The van der Waals surface area contributed by atoms with Gasteiger partial charge >= 0.3 is 0 Å². The van der Waals surface area contributed by atoms with Crippen molar-refractivity contribution in [3.8, 4) is 16.9 Å². The molecule has 0 atom stereocenters. The first-order valence-electron chi connectivity index (χ1n) is 8.84. The van der Waals surface area contributed by atoms with Crippen molar-refractivity contribution in [2.45, 2.75) is 39.0 Å². The molecule has 23 heavy (non-hydrogen) atoms. The summed E-state index contributed by atoms with van der Waals surface area (Å²) in [6.07, 6.45) is 6.45. The number of phenols is 1. The quantitative estimate of drug-likeness (QED) is 0.858. The smallest absolute Gasteiger partial charge is 0.123 e. The monoisotopic (exact) mass is 309 g/mol. The maximum absolute atomic E-state index is 10.1. The minimum absolute atomic E-state index is 0.362. The fourth-order valence-corrected chi connectivity index (χ4v) is 3.47. The number of rotatable bonds is 5. The van der Waals surface area contributed by atoms with Crippen molar-refractivity contribution in [1.82, 2.24) is 4.90 Å². The van der Waals surface area contributed by atoms with Crippen LogP contribution in [0.4, 0.5) is 0 Å². The Balaban J connectivity index is 1.64. The van der Waals surface area contributed by atoms with E-state index in [0.717, 1.165) is 17.5 Å². The standard InChI is InChI=1S/C21H27NO/c1-17-10-11-21(23)20(15-17)19-9-5-7-18(16-19)8-6-14-22-12-3-2-4-13-22/h5,7,9-11,15-16,23H,2-4,6,8,12-14H2,1H3. The van der Waals surface area contributed by atoms with Gasteiger partial charge in [-0.2, -0.15) is 0 Å². The first-order valence-corrected chi connectivity index (χ1v) is 8.84. The summed E-state index contributed by atoms with van der Waals surface area (Å²) in [6, 6.07) is 14.4. The molecule has 0 aromatic heterocycles. The van der Waals surface area contributed by atoms with Crippen molar-refractivity contribution < 1.29 is 5.11 Å². The molecule has 122 valence electrons. The highest BCUT2D eigenvalue weighted by Crippen LogP contribution is 2.30. The van der Waals surface area contributed by atoms with E-state index in [9.17, 15) is 5.11 Å². The second kappa shape index (κ2) is 7.65. The average Bonchev–Trinajstić information content (AvgIpc) is 2.58. The molecular formula is C21H27NO. The van der Waals surface area contributed by atoms with Gasteiger partial charge in [0.25, 0.3) is 0 Å². The Morgan fingerprint density at radius 1 is 1.00 bits per heavy atom. The van der Waals surface area contributed by atoms with Gasteiger partial charge in [-0.1, -0.05) is 42.3 Å². The van der Waals surface area contributed by atoms with Gasteiger partial charge in [-0.3, -0.25) is 0 Å². The lowest BCUT2D eigenvalue weighted by Crippen LogP contribution is -2.30. The number of hydrogen-bond acceptors (Lipinski definition) is 2. The highest BCUT2D eigenvalue weighted by atomic mass is 16.3. The van der Waals surface area contributed by atoms with Crippen molar-refractivity contribution in [2.75, 3.05) is 19.6 Å². The Hall–Kier alpha value is -1.80. The SMILES string of the molecule is Cc1ccc(O)c(-c2cccc(CCCN3CCCCC3)c2)c1. The summed E-state index contributed by atoms with van der Waals surface area (Å²) >= 11 is 0. The van der Waals surface area contributed by atoms with E-state index >= 15 is 0 Å². The van der Waals surface area contributed by atoms with E-state index in [4.69, 9.17) is 0 Å². The number of aromatic hydroxyl groups is 1. The van der Waals surface area contributed by atoms with Crippen LogP contribution >= 0.6 is 0 Å². The number of phenolic OH excluding ortho intramolecular Hbond substituents is 1. The van der Waals surface area contributed by atoms with Crippen LogP contribution in [0.15, 0.2) is 42.5 Å². The van der Waals surface area contributed by atoms with Gasteiger partial charge in [-0.05, 0) is 75.5 Å². The predicted octanol–water partition coefficient (Wildman–Crippen LogP) is 4.79. The average molecular weight is 309 g/mol. The number of likely N-dealkylation sites (tertiary alicyclic amines) is 1. The van der Waals surface area contributed by atoms with Gasteiger partial charge in [0.05, 0.1) is 0 Å². The summed E-state index contributed by atoms with van der Waals surface area (Å²) in [5, 5.41) is 10.1. The number of piperidine rings is 1. The van der Waals surface area contributed by atoms with Crippen LogP contribution in [0.25, 0.3) is 11.1 Å². The number of aryl methyl sites for hydroxylation is 2. The molecule has 1 heterocycles. The maximum Gasteiger partial charge on any atom is 0.123 e. The third kappa shape index (κ3) is 4.35. The summed E-state index contributed by atoms with van der Waals surface area (Å²) < 4.78 is 0. The zero-order valence-electron chi connectivity index (χ0n) is 14.1. The molecular weight excluding hydrogens is 282 g/mol. The molecule has 0 unspecified atom stereocenters. The molecule has 0 radical (unpaired) electrons. The topological polar surface area (TPSA) is 23.5 Å². The van der Waals surface area contributed by atoms with Crippen molar-refractivity contribution in [3.05, 3.63) is 53.6 Å². The molecule has 3 rings (SSSR count). The number of hydrogen-bond donors (Lipinski definition) is 1. The van der Waals surface area contributed by atoms with Crippen molar-refractivity contribution in [1.29, 1.82) is 0 Å². The summed E-state index contributed by atoms with van der Waals surface area (Å²) in [4.78, 5) is 2.60. The molecule has 0 spiro atoms. The summed E-state index contributed by atoms with van der Waals surface area (Å²) in [6.45, 7) is 5.82. The molecule has 0 bridgehead atoms. The molecule has 1 saturated heterocycles. The number of benzene rings is 2. The van der Waals surface area contributed by atoms with E-state index in [1.807, 2.05) is 6.07 Å². The normalized spacial score (nSPS) is 15.7. The van der Waals surface area contributed by atoms with Gasteiger partial charge in [0.2, 0.25) is 0 Å². The predicted molar refractivity (Wildman–Crippen MR) is 96.9 cm³/mol. The Labute approximate surface area is 139 Å². The highest BCUT2D eigenvalue weighted by molar-refractivity contribution is 5.71. The molecule has 0 aliphatic carbocycles. The molecule has 1 fully saturated rings. The zero-order valence-corrected chi connectivity index (χ0v) is 14.1. The van der Waals surface area contributed by atoms with E-state index in [0.29, 0.717) is 5.75 Å². The van der Waals surface area contributed by atoms with E-state index in [1.165, 1.54) is 56.4 Å². The van der Waals surface area contributed by atoms with Crippen LogP contribution in [-0.4, -0.2) is 29.6 Å². The first kappa shape index (κ1) is 16.1. The van der Waals surface area contributed by atoms with Gasteiger partial charge < -0.3 is 10.0 Å². The lowest BCUT2D eigenvalue weighted by atomic mass is 9.98. The molecule has 2 nitrogen and oxygen atoms in total. The van der Waals surface area contributed by atoms with E-state index in [2.05, 4.69) is 42.2 Å². The van der Waals surface area contributed by atoms with Crippen LogP contribution in [0.2, 0.25) is 0 Å². The van der Waals surface area contributed by atoms with E-state index in [1.54, 1.807) is 6.07 Å². The van der Waals surface area contributed by atoms with Crippen molar-refractivity contribution in [2.24, 2.45) is 0 Å². The maximum atomic E-state index is 10.1. The minimum Gasteiger partial charge on any atom is -0.507 e. The van der Waals surface area contributed by atoms with Crippen LogP contribution in [0, 0.1) is 6.92 Å². The highest BCUT2D eigenvalue weighted by Gasteiger charge is 2.10.